The maximum absolute atomic E-state index is 9.15. The molecule has 0 amide bonds. The molecule has 0 aromatic heterocycles. The van der Waals surface area contributed by atoms with E-state index in [4.69, 9.17) is 5.11 Å². The van der Waals surface area contributed by atoms with Crippen molar-refractivity contribution in [1.82, 2.24) is 5.32 Å². The summed E-state index contributed by atoms with van der Waals surface area (Å²) >= 11 is 3.64. The molecule has 1 aliphatic carbocycles. The number of aliphatic hydroxyl groups is 1. The van der Waals surface area contributed by atoms with Crippen molar-refractivity contribution in [2.45, 2.75) is 32.4 Å². The van der Waals surface area contributed by atoms with Gasteiger partial charge in [-0.05, 0) is 37.1 Å². The summed E-state index contributed by atoms with van der Waals surface area (Å²) in [6, 6.07) is 7.12. The molecule has 0 aliphatic heterocycles. The predicted molar refractivity (Wildman–Crippen MR) is 79.0 cm³/mol. The molecule has 1 aromatic rings. The van der Waals surface area contributed by atoms with Gasteiger partial charge in [0, 0.05) is 29.3 Å². The average molecular weight is 313 g/mol. The minimum atomic E-state index is 0.216. The Bertz CT molecular complexity index is 393. The lowest BCUT2D eigenvalue weighted by Gasteiger charge is -2.24. The van der Waals surface area contributed by atoms with Gasteiger partial charge < -0.3 is 15.3 Å². The van der Waals surface area contributed by atoms with Gasteiger partial charge in [-0.15, -0.1) is 0 Å². The van der Waals surface area contributed by atoms with E-state index in [1.807, 2.05) is 0 Å². The number of halogens is 1. The van der Waals surface area contributed by atoms with E-state index >= 15 is 0 Å². The standard InChI is InChI=1S/C14H21BrN2O/c1-2-16-10-11-3-4-13(9-14(11)15)17(7-8-18)12-5-6-12/h3-4,9,12,16,18H,2,5-8,10H2,1H3. The summed E-state index contributed by atoms with van der Waals surface area (Å²) in [6.45, 7) is 4.92. The van der Waals surface area contributed by atoms with E-state index in [0.717, 1.165) is 24.1 Å². The van der Waals surface area contributed by atoms with Gasteiger partial charge in [-0.3, -0.25) is 0 Å². The van der Waals surface area contributed by atoms with Gasteiger partial charge in [0.15, 0.2) is 0 Å². The van der Waals surface area contributed by atoms with Crippen LogP contribution in [0.3, 0.4) is 0 Å². The number of aliphatic hydroxyl groups excluding tert-OH is 1. The molecule has 2 rings (SSSR count). The Morgan fingerprint density at radius 3 is 2.78 bits per heavy atom. The molecular weight excluding hydrogens is 292 g/mol. The number of anilines is 1. The van der Waals surface area contributed by atoms with E-state index in [9.17, 15) is 0 Å². The molecule has 0 spiro atoms. The molecular formula is C14H21BrN2O. The van der Waals surface area contributed by atoms with E-state index in [1.165, 1.54) is 24.1 Å². The number of nitrogens with zero attached hydrogens (tertiary/aromatic N) is 1. The minimum absolute atomic E-state index is 0.216. The van der Waals surface area contributed by atoms with Crippen molar-refractivity contribution in [3.05, 3.63) is 28.2 Å². The van der Waals surface area contributed by atoms with Crippen molar-refractivity contribution in [3.63, 3.8) is 0 Å². The van der Waals surface area contributed by atoms with Gasteiger partial charge in [-0.2, -0.15) is 0 Å². The van der Waals surface area contributed by atoms with Crippen molar-refractivity contribution in [1.29, 1.82) is 0 Å². The summed E-state index contributed by atoms with van der Waals surface area (Å²) in [4.78, 5) is 2.31. The third-order valence-corrected chi connectivity index (χ3v) is 4.00. The first-order chi connectivity index (χ1) is 8.76. The molecule has 0 heterocycles. The fraction of sp³-hybridized carbons (Fsp3) is 0.571. The maximum atomic E-state index is 9.15. The zero-order valence-corrected chi connectivity index (χ0v) is 12.4. The third kappa shape index (κ3) is 3.46. The topological polar surface area (TPSA) is 35.5 Å². The molecule has 1 fully saturated rings. The second-order valence-corrected chi connectivity index (χ2v) is 5.56. The Morgan fingerprint density at radius 2 is 2.22 bits per heavy atom. The molecule has 1 aromatic carbocycles. The number of hydrogen-bond acceptors (Lipinski definition) is 3. The molecule has 2 N–H and O–H groups in total. The van der Waals surface area contributed by atoms with Crippen LogP contribution in [0.2, 0.25) is 0 Å². The first kappa shape index (κ1) is 13.8. The predicted octanol–water partition coefficient (Wildman–Crippen LogP) is 2.52. The van der Waals surface area contributed by atoms with Crippen molar-refractivity contribution in [3.8, 4) is 0 Å². The third-order valence-electron chi connectivity index (χ3n) is 3.26. The summed E-state index contributed by atoms with van der Waals surface area (Å²) in [6.07, 6.45) is 2.49. The molecule has 0 atom stereocenters. The largest absolute Gasteiger partial charge is 0.395 e. The van der Waals surface area contributed by atoms with Gasteiger partial charge in [0.2, 0.25) is 0 Å². The van der Waals surface area contributed by atoms with E-state index in [-0.39, 0.29) is 6.61 Å². The zero-order valence-electron chi connectivity index (χ0n) is 10.8. The normalized spacial score (nSPS) is 14.8. The average Bonchev–Trinajstić information content (AvgIpc) is 3.19. The molecule has 18 heavy (non-hydrogen) atoms. The lowest BCUT2D eigenvalue weighted by Crippen LogP contribution is -2.28. The van der Waals surface area contributed by atoms with E-state index < -0.39 is 0 Å². The van der Waals surface area contributed by atoms with Gasteiger partial charge in [0.05, 0.1) is 6.61 Å². The van der Waals surface area contributed by atoms with Gasteiger partial charge >= 0.3 is 0 Å². The summed E-state index contributed by atoms with van der Waals surface area (Å²) in [5, 5.41) is 12.5. The van der Waals surface area contributed by atoms with Crippen molar-refractivity contribution >= 4 is 21.6 Å². The highest BCUT2D eigenvalue weighted by Gasteiger charge is 2.28. The molecule has 0 saturated heterocycles. The molecule has 100 valence electrons. The zero-order chi connectivity index (χ0) is 13.0. The van der Waals surface area contributed by atoms with Crippen LogP contribution in [0.15, 0.2) is 22.7 Å². The van der Waals surface area contributed by atoms with Crippen molar-refractivity contribution in [2.24, 2.45) is 0 Å². The van der Waals surface area contributed by atoms with Crippen molar-refractivity contribution in [2.75, 3.05) is 24.6 Å². The molecule has 0 radical (unpaired) electrons. The van der Waals surface area contributed by atoms with Gasteiger partial charge in [-0.25, -0.2) is 0 Å². The Morgan fingerprint density at radius 1 is 1.44 bits per heavy atom. The smallest absolute Gasteiger partial charge is 0.0606 e. The maximum Gasteiger partial charge on any atom is 0.0606 e. The number of nitrogens with one attached hydrogen (secondary N) is 1. The second kappa shape index (κ2) is 6.55. The number of benzene rings is 1. The summed E-state index contributed by atoms with van der Waals surface area (Å²) in [5.41, 5.74) is 2.49. The van der Waals surface area contributed by atoms with Crippen LogP contribution in [0.4, 0.5) is 5.69 Å². The Hall–Kier alpha value is -0.580. The minimum Gasteiger partial charge on any atom is -0.395 e. The highest BCUT2D eigenvalue weighted by Crippen LogP contribution is 2.33. The van der Waals surface area contributed by atoms with Crippen LogP contribution in [0.25, 0.3) is 0 Å². The van der Waals surface area contributed by atoms with Gasteiger partial charge in [0.1, 0.15) is 0 Å². The SMILES string of the molecule is CCNCc1ccc(N(CCO)C2CC2)cc1Br. The first-order valence-electron chi connectivity index (χ1n) is 6.63. The molecule has 4 heteroatoms. The van der Waals surface area contributed by atoms with Crippen molar-refractivity contribution < 1.29 is 5.11 Å². The van der Waals surface area contributed by atoms with E-state index in [0.29, 0.717) is 6.04 Å². The monoisotopic (exact) mass is 312 g/mol. The quantitative estimate of drug-likeness (QED) is 0.812. The van der Waals surface area contributed by atoms with Crippen LogP contribution in [0, 0.1) is 0 Å². The fourth-order valence-corrected chi connectivity index (χ4v) is 2.64. The van der Waals surface area contributed by atoms with Gasteiger partial charge in [-0.1, -0.05) is 28.9 Å². The van der Waals surface area contributed by atoms with E-state index in [2.05, 4.69) is 51.3 Å². The first-order valence-corrected chi connectivity index (χ1v) is 7.42. The summed E-state index contributed by atoms with van der Waals surface area (Å²) in [7, 11) is 0. The van der Waals surface area contributed by atoms with Crippen LogP contribution in [-0.2, 0) is 6.54 Å². The van der Waals surface area contributed by atoms with Crippen LogP contribution in [0.1, 0.15) is 25.3 Å². The molecule has 1 aliphatic rings. The molecule has 0 bridgehead atoms. The van der Waals surface area contributed by atoms with Crippen LogP contribution in [-0.4, -0.2) is 30.8 Å². The molecule has 3 nitrogen and oxygen atoms in total. The Kier molecular flexibility index (Phi) is 5.03. The summed E-state index contributed by atoms with van der Waals surface area (Å²) in [5.74, 6) is 0. The van der Waals surface area contributed by atoms with Gasteiger partial charge in [0.25, 0.3) is 0 Å². The Balaban J connectivity index is 2.10. The Labute approximate surface area is 117 Å². The molecule has 1 saturated carbocycles. The number of hydrogen-bond donors (Lipinski definition) is 2. The lowest BCUT2D eigenvalue weighted by molar-refractivity contribution is 0.301. The highest BCUT2D eigenvalue weighted by molar-refractivity contribution is 9.10. The number of rotatable bonds is 7. The second-order valence-electron chi connectivity index (χ2n) is 4.70. The highest BCUT2D eigenvalue weighted by atomic mass is 79.9. The van der Waals surface area contributed by atoms with Crippen LogP contribution >= 0.6 is 15.9 Å². The van der Waals surface area contributed by atoms with E-state index in [1.54, 1.807) is 0 Å². The summed E-state index contributed by atoms with van der Waals surface area (Å²) < 4.78 is 1.14. The van der Waals surface area contributed by atoms with Crippen LogP contribution < -0.4 is 10.2 Å². The molecule has 0 unspecified atom stereocenters. The lowest BCUT2D eigenvalue weighted by atomic mass is 10.2. The van der Waals surface area contributed by atoms with Crippen LogP contribution in [0.5, 0.6) is 0 Å². The fourth-order valence-electron chi connectivity index (χ4n) is 2.13.